The van der Waals surface area contributed by atoms with Crippen molar-refractivity contribution in [3.8, 4) is 0 Å². The highest BCUT2D eigenvalue weighted by molar-refractivity contribution is 5.91. The fraction of sp³-hybridized carbons (Fsp3) is 0.455. The number of rotatable bonds is 6. The number of likely N-dealkylation sites (N-methyl/N-ethyl adjacent to an activating group) is 2. The van der Waals surface area contributed by atoms with Gasteiger partial charge in [0.2, 0.25) is 5.91 Å². The number of hydrogen-bond acceptors (Lipinski definition) is 3. The number of nitrogens with zero attached hydrogens (tertiary/aromatic N) is 2. The molecule has 0 aliphatic carbocycles. The molecule has 1 atom stereocenters. The largest absolute Gasteiger partial charge is 0.479 e. The Morgan fingerprint density at radius 3 is 2.31 bits per heavy atom. The highest BCUT2D eigenvalue weighted by Gasteiger charge is 2.21. The summed E-state index contributed by atoms with van der Waals surface area (Å²) in [4.78, 5) is 25.3. The van der Waals surface area contributed by atoms with Crippen LogP contribution >= 0.6 is 0 Å². The molecule has 0 aromatic carbocycles. The second-order valence-corrected chi connectivity index (χ2v) is 3.63. The van der Waals surface area contributed by atoms with Crippen molar-refractivity contribution in [2.24, 2.45) is 0 Å². The van der Waals surface area contributed by atoms with Gasteiger partial charge in [-0.3, -0.25) is 4.79 Å². The molecule has 0 bridgehead atoms. The Balaban J connectivity index is 4.42. The van der Waals surface area contributed by atoms with Crippen LogP contribution in [0.5, 0.6) is 0 Å². The minimum Gasteiger partial charge on any atom is -0.479 e. The van der Waals surface area contributed by atoms with Crippen LogP contribution in [-0.2, 0) is 9.59 Å². The van der Waals surface area contributed by atoms with Gasteiger partial charge >= 0.3 is 5.97 Å². The Morgan fingerprint density at radius 1 is 1.38 bits per heavy atom. The molecule has 5 nitrogen and oxygen atoms in total. The number of amides is 1. The third-order valence-corrected chi connectivity index (χ3v) is 1.97. The lowest BCUT2D eigenvalue weighted by atomic mass is 10.2. The van der Waals surface area contributed by atoms with Gasteiger partial charge in [0.05, 0.1) is 0 Å². The van der Waals surface area contributed by atoms with Gasteiger partial charge in [-0.2, -0.15) is 0 Å². The van der Waals surface area contributed by atoms with Crippen molar-refractivity contribution in [3.63, 3.8) is 0 Å². The van der Waals surface area contributed by atoms with Crippen LogP contribution in [0.2, 0.25) is 0 Å². The molecule has 0 rings (SSSR count). The monoisotopic (exact) mass is 226 g/mol. The molecule has 0 radical (unpaired) electrons. The lowest BCUT2D eigenvalue weighted by Crippen LogP contribution is -2.40. The van der Waals surface area contributed by atoms with Crippen LogP contribution in [0.25, 0.3) is 0 Å². The van der Waals surface area contributed by atoms with E-state index in [-0.39, 0.29) is 5.91 Å². The van der Waals surface area contributed by atoms with Gasteiger partial charge in [0, 0.05) is 19.7 Å². The van der Waals surface area contributed by atoms with Crippen LogP contribution in [0, 0.1) is 0 Å². The number of carbonyl (C=O) groups excluding carboxylic acids is 1. The van der Waals surface area contributed by atoms with E-state index in [4.69, 9.17) is 5.11 Å². The molecule has 0 spiro atoms. The third-order valence-electron chi connectivity index (χ3n) is 1.97. The van der Waals surface area contributed by atoms with Crippen LogP contribution in [0.3, 0.4) is 0 Å². The molecule has 16 heavy (non-hydrogen) atoms. The first-order chi connectivity index (χ1) is 7.40. The van der Waals surface area contributed by atoms with Gasteiger partial charge < -0.3 is 14.9 Å². The van der Waals surface area contributed by atoms with Gasteiger partial charge in [-0.25, -0.2) is 4.79 Å². The van der Waals surface area contributed by atoms with E-state index in [1.807, 2.05) is 19.0 Å². The summed E-state index contributed by atoms with van der Waals surface area (Å²) in [7, 11) is 5.19. The SMILES string of the molecule is C=C[C@@H](C(=O)O)N(C)C(=O)/C=C/CN(C)C. The van der Waals surface area contributed by atoms with Crippen molar-refractivity contribution in [3.05, 3.63) is 24.8 Å². The molecule has 0 aromatic rings. The van der Waals surface area contributed by atoms with Crippen molar-refractivity contribution in [1.82, 2.24) is 9.80 Å². The number of hydrogen-bond donors (Lipinski definition) is 1. The average Bonchev–Trinajstić information content (AvgIpc) is 2.17. The molecule has 0 aliphatic heterocycles. The summed E-state index contributed by atoms with van der Waals surface area (Å²) in [6.07, 6.45) is 4.26. The Morgan fingerprint density at radius 2 is 1.94 bits per heavy atom. The lowest BCUT2D eigenvalue weighted by Gasteiger charge is -2.20. The maximum absolute atomic E-state index is 11.5. The zero-order valence-corrected chi connectivity index (χ0v) is 9.88. The van der Waals surface area contributed by atoms with Gasteiger partial charge in [-0.05, 0) is 14.1 Å². The van der Waals surface area contributed by atoms with Gasteiger partial charge in [0.15, 0.2) is 0 Å². The second kappa shape index (κ2) is 6.79. The molecule has 0 saturated carbocycles. The van der Waals surface area contributed by atoms with Gasteiger partial charge in [-0.15, -0.1) is 6.58 Å². The van der Waals surface area contributed by atoms with Crippen LogP contribution in [0.4, 0.5) is 0 Å². The smallest absolute Gasteiger partial charge is 0.330 e. The standard InChI is InChI=1S/C11H18N2O3/c1-5-9(11(15)16)13(4)10(14)7-6-8-12(2)3/h5-7,9H,1,8H2,2-4H3,(H,15,16)/b7-6+/t9-/m0/s1. The molecule has 0 unspecified atom stereocenters. The minimum atomic E-state index is -1.09. The van der Waals surface area contributed by atoms with E-state index in [2.05, 4.69) is 6.58 Å². The molecule has 90 valence electrons. The number of carboxylic acid groups (broad SMARTS) is 1. The minimum absolute atomic E-state index is 0.353. The molecule has 0 aliphatic rings. The molecular formula is C11H18N2O3. The molecule has 0 aromatic heterocycles. The molecule has 5 heteroatoms. The predicted octanol–water partition coefficient (Wildman–Crippen LogP) is 0.202. The Hall–Kier alpha value is -1.62. The van der Waals surface area contributed by atoms with Crippen molar-refractivity contribution < 1.29 is 14.7 Å². The summed E-state index contributed by atoms with van der Waals surface area (Å²) in [5.41, 5.74) is 0. The molecular weight excluding hydrogens is 208 g/mol. The summed E-state index contributed by atoms with van der Waals surface area (Å²) in [6.45, 7) is 4.02. The van der Waals surface area contributed by atoms with Crippen LogP contribution < -0.4 is 0 Å². The van der Waals surface area contributed by atoms with Crippen molar-refractivity contribution in [2.45, 2.75) is 6.04 Å². The molecule has 1 N–H and O–H groups in total. The molecule has 0 fully saturated rings. The first-order valence-corrected chi connectivity index (χ1v) is 4.83. The maximum Gasteiger partial charge on any atom is 0.330 e. The Labute approximate surface area is 95.6 Å². The summed E-state index contributed by atoms with van der Waals surface area (Å²) < 4.78 is 0. The normalized spacial score (nSPS) is 12.8. The fourth-order valence-corrected chi connectivity index (χ4v) is 1.04. The van der Waals surface area contributed by atoms with Crippen LogP contribution in [0.1, 0.15) is 0 Å². The van der Waals surface area contributed by atoms with E-state index in [1.165, 1.54) is 19.2 Å². The molecule has 1 amide bonds. The van der Waals surface area contributed by atoms with E-state index in [1.54, 1.807) is 6.08 Å². The zero-order chi connectivity index (χ0) is 12.7. The van der Waals surface area contributed by atoms with E-state index in [0.717, 1.165) is 4.90 Å². The van der Waals surface area contributed by atoms with E-state index >= 15 is 0 Å². The lowest BCUT2D eigenvalue weighted by molar-refractivity contribution is -0.145. The Bertz CT molecular complexity index is 298. The van der Waals surface area contributed by atoms with E-state index in [9.17, 15) is 9.59 Å². The van der Waals surface area contributed by atoms with Gasteiger partial charge in [0.25, 0.3) is 0 Å². The predicted molar refractivity (Wildman–Crippen MR) is 62.1 cm³/mol. The topological polar surface area (TPSA) is 60.9 Å². The summed E-state index contributed by atoms with van der Waals surface area (Å²) in [5, 5.41) is 8.81. The van der Waals surface area contributed by atoms with Crippen molar-refractivity contribution in [1.29, 1.82) is 0 Å². The summed E-state index contributed by atoms with van der Waals surface area (Å²) in [5.74, 6) is -1.44. The Kier molecular flexibility index (Phi) is 6.10. The van der Waals surface area contributed by atoms with E-state index < -0.39 is 12.0 Å². The highest BCUT2D eigenvalue weighted by atomic mass is 16.4. The van der Waals surface area contributed by atoms with Crippen LogP contribution in [0.15, 0.2) is 24.8 Å². The van der Waals surface area contributed by atoms with Gasteiger partial charge in [0.1, 0.15) is 6.04 Å². The van der Waals surface area contributed by atoms with Gasteiger partial charge in [-0.1, -0.05) is 12.2 Å². The summed E-state index contributed by atoms with van der Waals surface area (Å²) in [6, 6.07) is -0.989. The molecule has 0 heterocycles. The fourth-order valence-electron chi connectivity index (χ4n) is 1.04. The number of aliphatic carboxylic acids is 1. The van der Waals surface area contributed by atoms with Crippen molar-refractivity contribution >= 4 is 11.9 Å². The summed E-state index contributed by atoms with van der Waals surface area (Å²) >= 11 is 0. The molecule has 0 saturated heterocycles. The third kappa shape index (κ3) is 4.75. The van der Waals surface area contributed by atoms with E-state index in [0.29, 0.717) is 6.54 Å². The first kappa shape index (κ1) is 14.4. The van der Waals surface area contributed by atoms with Crippen molar-refractivity contribution in [2.75, 3.05) is 27.7 Å². The number of carbonyl (C=O) groups is 2. The first-order valence-electron chi connectivity index (χ1n) is 4.83. The quantitative estimate of drug-likeness (QED) is 0.519. The average molecular weight is 226 g/mol. The maximum atomic E-state index is 11.5. The second-order valence-electron chi connectivity index (χ2n) is 3.63. The zero-order valence-electron chi connectivity index (χ0n) is 9.88. The number of carboxylic acids is 1. The van der Waals surface area contributed by atoms with Crippen LogP contribution in [-0.4, -0.2) is 60.5 Å². The highest BCUT2D eigenvalue weighted by Crippen LogP contribution is 1.99.